The third-order valence-electron chi connectivity index (χ3n) is 4.78. The number of amides is 1. The van der Waals surface area contributed by atoms with Crippen LogP contribution in [0.3, 0.4) is 0 Å². The van der Waals surface area contributed by atoms with E-state index in [-0.39, 0.29) is 5.91 Å². The molecule has 5 nitrogen and oxygen atoms in total. The van der Waals surface area contributed by atoms with Gasteiger partial charge in [-0.25, -0.2) is 0 Å². The van der Waals surface area contributed by atoms with Crippen LogP contribution in [0.4, 0.5) is 5.69 Å². The number of hydrogen-bond donors (Lipinski definition) is 0. The number of anilines is 1. The standard InChI is InChI=1S/C16H15NO4/c1-9-4-2-3-5-10(9)17-8-16-7-6-11(21-16)12(15(19)20)13(16)14(17)18/h2-7,11-13H,8H2,1H3,(H,19,20)/p-1/t11-,12+,13+,16-/m1/s1. The Kier molecular flexibility index (Phi) is 2.37. The summed E-state index contributed by atoms with van der Waals surface area (Å²) >= 11 is 0. The first kappa shape index (κ1) is 12.6. The van der Waals surface area contributed by atoms with Crippen LogP contribution in [0, 0.1) is 18.8 Å². The average molecular weight is 284 g/mol. The van der Waals surface area contributed by atoms with Gasteiger partial charge in [0.1, 0.15) is 5.60 Å². The predicted octanol–water partition coefficient (Wildman–Crippen LogP) is 0.0313. The molecule has 4 atom stereocenters. The van der Waals surface area contributed by atoms with Gasteiger partial charge in [0.25, 0.3) is 0 Å². The molecule has 108 valence electrons. The maximum atomic E-state index is 12.8. The van der Waals surface area contributed by atoms with Gasteiger partial charge in [0.05, 0.1) is 18.6 Å². The lowest BCUT2D eigenvalue weighted by molar-refractivity contribution is -0.313. The Labute approximate surface area is 121 Å². The highest BCUT2D eigenvalue weighted by Gasteiger charge is 2.65. The molecule has 0 unspecified atom stereocenters. The monoisotopic (exact) mass is 284 g/mol. The molecule has 5 heteroatoms. The molecule has 3 aliphatic heterocycles. The molecule has 0 aliphatic carbocycles. The predicted molar refractivity (Wildman–Crippen MR) is 72.3 cm³/mol. The molecule has 0 aromatic heterocycles. The van der Waals surface area contributed by atoms with Gasteiger partial charge in [-0.2, -0.15) is 0 Å². The van der Waals surface area contributed by atoms with E-state index in [2.05, 4.69) is 0 Å². The van der Waals surface area contributed by atoms with E-state index in [1.54, 1.807) is 11.0 Å². The molecule has 0 N–H and O–H groups in total. The van der Waals surface area contributed by atoms with Crippen LogP contribution < -0.4 is 10.0 Å². The number of nitrogens with zero attached hydrogens (tertiary/aromatic N) is 1. The van der Waals surface area contributed by atoms with Crippen molar-refractivity contribution in [1.29, 1.82) is 0 Å². The summed E-state index contributed by atoms with van der Waals surface area (Å²) in [6.07, 6.45) is 3.05. The summed E-state index contributed by atoms with van der Waals surface area (Å²) in [6.45, 7) is 2.29. The number of fused-ring (bicyclic) bond motifs is 1. The maximum Gasteiger partial charge on any atom is 0.234 e. The molecule has 1 spiro atoms. The molecule has 3 aliphatic rings. The number of benzene rings is 1. The summed E-state index contributed by atoms with van der Waals surface area (Å²) in [5, 5.41) is 11.4. The average Bonchev–Trinajstić information content (AvgIpc) is 3.08. The highest BCUT2D eigenvalue weighted by Crippen LogP contribution is 2.52. The molecule has 1 amide bonds. The highest BCUT2D eigenvalue weighted by molar-refractivity contribution is 6.02. The van der Waals surface area contributed by atoms with E-state index < -0.39 is 29.5 Å². The molecule has 21 heavy (non-hydrogen) atoms. The molecule has 0 saturated carbocycles. The normalized spacial score (nSPS) is 36.3. The second-order valence-electron chi connectivity index (χ2n) is 5.93. The van der Waals surface area contributed by atoms with E-state index in [9.17, 15) is 14.7 Å². The van der Waals surface area contributed by atoms with Crippen molar-refractivity contribution in [3.8, 4) is 0 Å². The van der Waals surface area contributed by atoms with Gasteiger partial charge in [-0.3, -0.25) is 4.79 Å². The first-order valence-corrected chi connectivity index (χ1v) is 6.98. The number of hydrogen-bond acceptors (Lipinski definition) is 4. The molecular formula is C16H14NO4-. The van der Waals surface area contributed by atoms with Crippen LogP contribution in [0.15, 0.2) is 36.4 Å². The fourth-order valence-corrected chi connectivity index (χ4v) is 3.84. The van der Waals surface area contributed by atoms with Crippen molar-refractivity contribution in [2.24, 2.45) is 11.8 Å². The van der Waals surface area contributed by atoms with E-state index in [0.29, 0.717) is 6.54 Å². The molecule has 2 fully saturated rings. The van der Waals surface area contributed by atoms with E-state index in [0.717, 1.165) is 11.3 Å². The van der Waals surface area contributed by atoms with Crippen LogP contribution in [-0.4, -0.2) is 30.1 Å². The van der Waals surface area contributed by atoms with Crippen LogP contribution in [0.5, 0.6) is 0 Å². The summed E-state index contributed by atoms with van der Waals surface area (Å²) in [5.74, 6) is -2.98. The smallest absolute Gasteiger partial charge is 0.234 e. The van der Waals surface area contributed by atoms with Gasteiger partial charge in [0.2, 0.25) is 5.91 Å². The Morgan fingerprint density at radius 2 is 2.19 bits per heavy atom. The van der Waals surface area contributed by atoms with E-state index in [1.165, 1.54) is 0 Å². The Balaban J connectivity index is 1.78. The summed E-state index contributed by atoms with van der Waals surface area (Å²) in [7, 11) is 0. The highest BCUT2D eigenvalue weighted by atomic mass is 16.5. The van der Waals surface area contributed by atoms with Crippen LogP contribution in [0.25, 0.3) is 0 Å². The number of rotatable bonds is 2. The first-order valence-electron chi connectivity index (χ1n) is 6.98. The van der Waals surface area contributed by atoms with Crippen molar-refractivity contribution in [2.45, 2.75) is 18.6 Å². The lowest BCUT2D eigenvalue weighted by Gasteiger charge is -2.24. The molecule has 1 aromatic carbocycles. The van der Waals surface area contributed by atoms with Crippen molar-refractivity contribution in [3.05, 3.63) is 42.0 Å². The minimum atomic E-state index is -1.21. The van der Waals surface area contributed by atoms with E-state index in [1.807, 2.05) is 37.3 Å². The molecule has 2 saturated heterocycles. The van der Waals surface area contributed by atoms with E-state index >= 15 is 0 Å². The summed E-state index contributed by atoms with van der Waals surface area (Å²) < 4.78 is 5.83. The first-order chi connectivity index (χ1) is 10.0. The number of para-hydroxylation sites is 1. The van der Waals surface area contributed by atoms with Crippen molar-refractivity contribution in [2.75, 3.05) is 11.4 Å². The minimum Gasteiger partial charge on any atom is -0.550 e. The van der Waals surface area contributed by atoms with Gasteiger partial charge >= 0.3 is 0 Å². The number of aryl methyl sites for hydroxylation is 1. The minimum absolute atomic E-state index is 0.189. The fourth-order valence-electron chi connectivity index (χ4n) is 3.84. The summed E-state index contributed by atoms with van der Waals surface area (Å²) in [6, 6.07) is 7.57. The molecule has 2 bridgehead atoms. The Hall–Kier alpha value is -2.14. The number of ether oxygens (including phenoxy) is 1. The Bertz CT molecular complexity index is 683. The molecule has 1 aromatic rings. The van der Waals surface area contributed by atoms with Crippen LogP contribution in [0.1, 0.15) is 5.56 Å². The van der Waals surface area contributed by atoms with Gasteiger partial charge in [-0.1, -0.05) is 30.4 Å². The van der Waals surface area contributed by atoms with E-state index in [4.69, 9.17) is 4.74 Å². The van der Waals surface area contributed by atoms with Gasteiger partial charge in [-0.05, 0) is 18.6 Å². The molecule has 0 radical (unpaired) electrons. The second kappa shape index (κ2) is 3.95. The number of aliphatic carboxylic acids is 1. The third-order valence-corrected chi connectivity index (χ3v) is 4.78. The van der Waals surface area contributed by atoms with Crippen LogP contribution in [0.2, 0.25) is 0 Å². The zero-order chi connectivity index (χ0) is 14.8. The SMILES string of the molecule is Cc1ccccc1N1C[C@@]23C=C[C@@H](O2)[C@H](C(=O)[O-])[C@H]3C1=O. The third kappa shape index (κ3) is 1.49. The zero-order valence-corrected chi connectivity index (χ0v) is 11.5. The molecule has 4 rings (SSSR count). The fraction of sp³-hybridized carbons (Fsp3) is 0.375. The van der Waals surface area contributed by atoms with Gasteiger partial charge in [-0.15, -0.1) is 0 Å². The second-order valence-corrected chi connectivity index (χ2v) is 5.93. The molecular weight excluding hydrogens is 270 g/mol. The number of carbonyl (C=O) groups excluding carboxylic acids is 2. The lowest BCUT2D eigenvalue weighted by atomic mass is 9.77. The quantitative estimate of drug-likeness (QED) is 0.719. The summed E-state index contributed by atoms with van der Waals surface area (Å²) in [5.41, 5.74) is 0.976. The van der Waals surface area contributed by atoms with Crippen molar-refractivity contribution >= 4 is 17.6 Å². The Morgan fingerprint density at radius 1 is 1.43 bits per heavy atom. The lowest BCUT2D eigenvalue weighted by Crippen LogP contribution is -2.45. The number of carboxylic acid groups (broad SMARTS) is 1. The van der Waals surface area contributed by atoms with Crippen molar-refractivity contribution in [1.82, 2.24) is 0 Å². The molecule has 3 heterocycles. The maximum absolute atomic E-state index is 12.8. The van der Waals surface area contributed by atoms with Gasteiger partial charge in [0, 0.05) is 17.6 Å². The van der Waals surface area contributed by atoms with Crippen molar-refractivity contribution in [3.63, 3.8) is 0 Å². The number of carboxylic acids is 1. The summed E-state index contributed by atoms with van der Waals surface area (Å²) in [4.78, 5) is 25.8. The Morgan fingerprint density at radius 3 is 2.90 bits per heavy atom. The topological polar surface area (TPSA) is 69.7 Å². The number of carbonyl (C=O) groups is 2. The van der Waals surface area contributed by atoms with Gasteiger partial charge < -0.3 is 19.5 Å². The largest absolute Gasteiger partial charge is 0.550 e. The van der Waals surface area contributed by atoms with Crippen LogP contribution in [-0.2, 0) is 14.3 Å². The van der Waals surface area contributed by atoms with Crippen molar-refractivity contribution < 1.29 is 19.4 Å². The van der Waals surface area contributed by atoms with Gasteiger partial charge in [0.15, 0.2) is 0 Å². The zero-order valence-electron chi connectivity index (χ0n) is 11.5. The van der Waals surface area contributed by atoms with Crippen LogP contribution >= 0.6 is 0 Å².